The Bertz CT molecular complexity index is 515. The van der Waals surface area contributed by atoms with E-state index in [1.54, 1.807) is 0 Å². The molecule has 0 amide bonds. The Morgan fingerprint density at radius 3 is 2.32 bits per heavy atom. The van der Waals surface area contributed by atoms with Crippen molar-refractivity contribution < 1.29 is 4.74 Å². The van der Waals surface area contributed by atoms with Crippen molar-refractivity contribution in [2.24, 2.45) is 0 Å². The second-order valence-corrected chi connectivity index (χ2v) is 7.17. The minimum Gasteiger partial charge on any atom is -0.366 e. The van der Waals surface area contributed by atoms with Crippen LogP contribution in [0.4, 0.5) is 5.69 Å². The fourth-order valence-corrected chi connectivity index (χ4v) is 3.17. The number of nitrogens with zero attached hydrogens (tertiary/aromatic N) is 2. The minimum atomic E-state index is -0.225. The van der Waals surface area contributed by atoms with Gasteiger partial charge in [0.25, 0.3) is 0 Å². The highest BCUT2D eigenvalue weighted by Gasteiger charge is 2.38. The van der Waals surface area contributed by atoms with Crippen LogP contribution >= 0.6 is 15.9 Å². The van der Waals surface area contributed by atoms with E-state index in [9.17, 15) is 5.26 Å². The van der Waals surface area contributed by atoms with Crippen molar-refractivity contribution in [3.05, 3.63) is 28.2 Å². The molecule has 0 radical (unpaired) electrons. The van der Waals surface area contributed by atoms with E-state index < -0.39 is 0 Å². The van der Waals surface area contributed by atoms with E-state index in [2.05, 4.69) is 54.6 Å². The molecule has 0 bridgehead atoms. The Morgan fingerprint density at radius 2 is 1.79 bits per heavy atom. The van der Waals surface area contributed by atoms with Crippen LogP contribution in [0.1, 0.15) is 33.3 Å². The molecule has 102 valence electrons. The maximum atomic E-state index is 9.28. The van der Waals surface area contributed by atoms with Crippen LogP contribution in [0.5, 0.6) is 0 Å². The van der Waals surface area contributed by atoms with Crippen molar-refractivity contribution in [3.63, 3.8) is 0 Å². The second kappa shape index (κ2) is 4.81. The fraction of sp³-hybridized carbons (Fsp3) is 0.533. The molecule has 1 fully saturated rings. The molecule has 2 rings (SSSR count). The summed E-state index contributed by atoms with van der Waals surface area (Å²) in [6, 6.07) is 8.04. The molecule has 0 atom stereocenters. The van der Waals surface area contributed by atoms with Crippen LogP contribution in [-0.4, -0.2) is 24.3 Å². The lowest BCUT2D eigenvalue weighted by Gasteiger charge is -2.48. The third-order valence-electron chi connectivity index (χ3n) is 3.12. The lowest BCUT2D eigenvalue weighted by Crippen LogP contribution is -2.57. The van der Waals surface area contributed by atoms with Gasteiger partial charge in [0.2, 0.25) is 0 Å². The van der Waals surface area contributed by atoms with E-state index >= 15 is 0 Å². The maximum Gasteiger partial charge on any atom is 0.101 e. The van der Waals surface area contributed by atoms with Gasteiger partial charge in [0, 0.05) is 17.6 Å². The molecule has 0 N–H and O–H groups in total. The van der Waals surface area contributed by atoms with Gasteiger partial charge < -0.3 is 9.64 Å². The van der Waals surface area contributed by atoms with E-state index in [1.165, 1.54) is 0 Å². The van der Waals surface area contributed by atoms with E-state index in [0.29, 0.717) is 5.56 Å². The zero-order chi connectivity index (χ0) is 14.3. The molecular formula is C15H19BrN2O. The molecule has 1 aliphatic rings. The highest BCUT2D eigenvalue weighted by atomic mass is 79.9. The molecule has 1 saturated heterocycles. The molecule has 3 nitrogen and oxygen atoms in total. The van der Waals surface area contributed by atoms with Gasteiger partial charge in [-0.05, 0) is 45.9 Å². The zero-order valence-corrected chi connectivity index (χ0v) is 13.4. The number of hydrogen-bond donors (Lipinski definition) is 0. The van der Waals surface area contributed by atoms with Crippen LogP contribution in [0.15, 0.2) is 22.7 Å². The Balaban J connectivity index is 2.41. The molecule has 1 aromatic rings. The second-order valence-electron chi connectivity index (χ2n) is 6.25. The molecule has 0 spiro atoms. The molecule has 0 unspecified atom stereocenters. The third-order valence-corrected chi connectivity index (χ3v) is 3.61. The quantitative estimate of drug-likeness (QED) is 0.790. The molecule has 1 aromatic carbocycles. The summed E-state index contributed by atoms with van der Waals surface area (Å²) in [7, 11) is 0. The van der Waals surface area contributed by atoms with Crippen LogP contribution in [-0.2, 0) is 4.74 Å². The van der Waals surface area contributed by atoms with Gasteiger partial charge in [0.15, 0.2) is 0 Å². The van der Waals surface area contributed by atoms with Crippen LogP contribution in [0.25, 0.3) is 0 Å². The molecule has 0 saturated carbocycles. The summed E-state index contributed by atoms with van der Waals surface area (Å²) in [5.74, 6) is 0. The Labute approximate surface area is 123 Å². The van der Waals surface area contributed by atoms with Crippen molar-refractivity contribution in [2.75, 3.05) is 18.0 Å². The van der Waals surface area contributed by atoms with Crippen molar-refractivity contribution in [1.82, 2.24) is 0 Å². The molecule has 1 aliphatic heterocycles. The summed E-state index contributed by atoms with van der Waals surface area (Å²) >= 11 is 3.48. The van der Waals surface area contributed by atoms with Gasteiger partial charge in [0.1, 0.15) is 6.07 Å². The SMILES string of the molecule is CC1(C)CN(c2cc(Br)ccc2C#N)CC(C)(C)O1. The third kappa shape index (κ3) is 3.29. The number of rotatable bonds is 1. The fourth-order valence-electron chi connectivity index (χ4n) is 2.82. The minimum absolute atomic E-state index is 0.225. The van der Waals surface area contributed by atoms with E-state index in [-0.39, 0.29) is 11.2 Å². The van der Waals surface area contributed by atoms with Crippen molar-refractivity contribution in [3.8, 4) is 6.07 Å². The normalized spacial score (nSPS) is 20.9. The summed E-state index contributed by atoms with van der Waals surface area (Å²) < 4.78 is 7.07. The highest BCUT2D eigenvalue weighted by molar-refractivity contribution is 9.10. The number of anilines is 1. The summed E-state index contributed by atoms with van der Waals surface area (Å²) in [4.78, 5) is 2.24. The predicted octanol–water partition coefficient (Wildman–Crippen LogP) is 3.71. The number of ether oxygens (including phenoxy) is 1. The van der Waals surface area contributed by atoms with E-state index in [1.807, 2.05) is 18.2 Å². The number of morpholine rings is 1. The summed E-state index contributed by atoms with van der Waals surface area (Å²) in [6.45, 7) is 9.91. The van der Waals surface area contributed by atoms with Gasteiger partial charge in [-0.15, -0.1) is 0 Å². The van der Waals surface area contributed by atoms with Gasteiger partial charge >= 0.3 is 0 Å². The molecule has 4 heteroatoms. The smallest absolute Gasteiger partial charge is 0.101 e. The van der Waals surface area contributed by atoms with Crippen molar-refractivity contribution in [1.29, 1.82) is 5.26 Å². The van der Waals surface area contributed by atoms with Crippen LogP contribution in [0, 0.1) is 11.3 Å². The van der Waals surface area contributed by atoms with Gasteiger partial charge in [-0.25, -0.2) is 0 Å². The number of nitriles is 1. The summed E-state index contributed by atoms with van der Waals surface area (Å²) in [5, 5.41) is 9.28. The largest absolute Gasteiger partial charge is 0.366 e. The van der Waals surface area contributed by atoms with Crippen molar-refractivity contribution >= 4 is 21.6 Å². The molecule has 0 aliphatic carbocycles. The maximum absolute atomic E-state index is 9.28. The summed E-state index contributed by atoms with van der Waals surface area (Å²) in [6.07, 6.45) is 0. The predicted molar refractivity (Wildman–Crippen MR) is 80.3 cm³/mol. The first kappa shape index (κ1) is 14.4. The van der Waals surface area contributed by atoms with Gasteiger partial charge in [0.05, 0.1) is 22.5 Å². The lowest BCUT2D eigenvalue weighted by molar-refractivity contribution is -0.133. The monoisotopic (exact) mass is 322 g/mol. The van der Waals surface area contributed by atoms with E-state index in [0.717, 1.165) is 23.2 Å². The Hall–Kier alpha value is -1.05. The first-order valence-electron chi connectivity index (χ1n) is 6.37. The first-order chi connectivity index (χ1) is 8.72. The summed E-state index contributed by atoms with van der Waals surface area (Å²) in [5.41, 5.74) is 1.23. The molecular weight excluding hydrogens is 304 g/mol. The lowest BCUT2D eigenvalue weighted by atomic mass is 9.97. The highest BCUT2D eigenvalue weighted by Crippen LogP contribution is 2.34. The van der Waals surface area contributed by atoms with Crippen LogP contribution in [0.3, 0.4) is 0 Å². The molecule has 0 aromatic heterocycles. The standard InChI is InChI=1S/C15H19BrN2O/c1-14(2)9-18(10-15(3,4)19-14)13-7-12(16)6-5-11(13)8-17/h5-7H,9-10H2,1-4H3. The molecule has 19 heavy (non-hydrogen) atoms. The molecule has 1 heterocycles. The number of hydrogen-bond acceptors (Lipinski definition) is 3. The Kier molecular flexibility index (Phi) is 3.63. The van der Waals surface area contributed by atoms with Gasteiger partial charge in [-0.2, -0.15) is 5.26 Å². The van der Waals surface area contributed by atoms with Crippen molar-refractivity contribution in [2.45, 2.75) is 38.9 Å². The average molecular weight is 323 g/mol. The van der Waals surface area contributed by atoms with Gasteiger partial charge in [-0.3, -0.25) is 0 Å². The number of benzene rings is 1. The first-order valence-corrected chi connectivity index (χ1v) is 7.17. The average Bonchev–Trinajstić information content (AvgIpc) is 2.24. The van der Waals surface area contributed by atoms with Crippen LogP contribution < -0.4 is 4.90 Å². The van der Waals surface area contributed by atoms with Crippen LogP contribution in [0.2, 0.25) is 0 Å². The topological polar surface area (TPSA) is 36.3 Å². The number of halogens is 1. The van der Waals surface area contributed by atoms with Gasteiger partial charge in [-0.1, -0.05) is 15.9 Å². The zero-order valence-electron chi connectivity index (χ0n) is 11.8. The van der Waals surface area contributed by atoms with E-state index in [4.69, 9.17) is 4.74 Å². The Morgan fingerprint density at radius 1 is 1.21 bits per heavy atom.